The Morgan fingerprint density at radius 2 is 2.03 bits per heavy atom. The molecule has 2 fully saturated rings. The number of alkyl halides is 2. The number of thioether (sulfide) groups is 2. The van der Waals surface area contributed by atoms with Crippen molar-refractivity contribution < 1.29 is 37.4 Å². The number of methoxy groups -OCH3 is 1. The standard InChI is InChI=1S/C19H19F2N3O6S2/c1-29-13-8-11(2-3-12(13)30-17(20)21)9-14-16(26)24(19(28)32-14)5-4-22-15(25)10-23-6-7-31-18(23)27/h2-3,8-9,17H,4-7,10H2,1H3,(H,22,25)/b14-9-. The number of halogens is 2. The van der Waals surface area contributed by atoms with E-state index in [9.17, 15) is 28.0 Å². The number of rotatable bonds is 9. The minimum atomic E-state index is -3.01. The van der Waals surface area contributed by atoms with Gasteiger partial charge < -0.3 is 19.7 Å². The highest BCUT2D eigenvalue weighted by molar-refractivity contribution is 8.18. The Balaban J connectivity index is 1.57. The second kappa shape index (κ2) is 10.7. The lowest BCUT2D eigenvalue weighted by atomic mass is 10.2. The third-order valence-corrected chi connectivity index (χ3v) is 6.21. The molecule has 3 rings (SSSR count). The Morgan fingerprint density at radius 1 is 1.25 bits per heavy atom. The van der Waals surface area contributed by atoms with Crippen LogP contribution in [0.4, 0.5) is 18.4 Å². The Kier molecular flexibility index (Phi) is 7.96. The molecule has 1 aromatic carbocycles. The second-order valence-corrected chi connectivity index (χ2v) is 8.55. The van der Waals surface area contributed by atoms with E-state index in [4.69, 9.17) is 4.74 Å². The van der Waals surface area contributed by atoms with Crippen molar-refractivity contribution in [2.75, 3.05) is 39.0 Å². The number of hydrogen-bond donors (Lipinski definition) is 1. The van der Waals surface area contributed by atoms with E-state index in [1.807, 2.05) is 0 Å². The minimum absolute atomic E-state index is 0.0269. The van der Waals surface area contributed by atoms with Crippen LogP contribution < -0.4 is 14.8 Å². The number of carbonyl (C=O) groups is 4. The molecule has 2 aliphatic heterocycles. The molecule has 2 aliphatic rings. The third-order valence-electron chi connectivity index (χ3n) is 4.41. The Labute approximate surface area is 190 Å². The largest absolute Gasteiger partial charge is 0.493 e. The summed E-state index contributed by atoms with van der Waals surface area (Å²) in [5.41, 5.74) is 0.454. The van der Waals surface area contributed by atoms with E-state index in [2.05, 4.69) is 10.1 Å². The van der Waals surface area contributed by atoms with Gasteiger partial charge in [0.25, 0.3) is 16.4 Å². The fourth-order valence-corrected chi connectivity index (χ4v) is 4.61. The molecule has 0 bridgehead atoms. The molecule has 0 spiro atoms. The molecule has 4 amide bonds. The first-order chi connectivity index (χ1) is 15.3. The van der Waals surface area contributed by atoms with Crippen molar-refractivity contribution >= 4 is 51.9 Å². The molecule has 0 atom stereocenters. The number of nitrogens with one attached hydrogen (secondary N) is 1. The predicted molar refractivity (Wildman–Crippen MR) is 115 cm³/mol. The van der Waals surface area contributed by atoms with Crippen LogP contribution in [0.3, 0.4) is 0 Å². The summed E-state index contributed by atoms with van der Waals surface area (Å²) in [5.74, 6) is -0.370. The lowest BCUT2D eigenvalue weighted by Gasteiger charge is -2.16. The molecular weight excluding hydrogens is 468 g/mol. The summed E-state index contributed by atoms with van der Waals surface area (Å²) in [4.78, 5) is 50.8. The van der Waals surface area contributed by atoms with Crippen molar-refractivity contribution in [1.82, 2.24) is 15.1 Å². The van der Waals surface area contributed by atoms with Gasteiger partial charge in [0.1, 0.15) is 6.54 Å². The van der Waals surface area contributed by atoms with Crippen LogP contribution in [0.5, 0.6) is 11.5 Å². The van der Waals surface area contributed by atoms with E-state index in [0.717, 1.165) is 28.4 Å². The first kappa shape index (κ1) is 23.9. The van der Waals surface area contributed by atoms with Gasteiger partial charge in [-0.2, -0.15) is 8.78 Å². The smallest absolute Gasteiger partial charge is 0.387 e. The first-order valence-electron chi connectivity index (χ1n) is 9.35. The lowest BCUT2D eigenvalue weighted by Crippen LogP contribution is -2.41. The number of amides is 4. The van der Waals surface area contributed by atoms with Crippen molar-refractivity contribution in [2.45, 2.75) is 6.61 Å². The number of nitrogens with zero attached hydrogens (tertiary/aromatic N) is 2. The molecule has 0 unspecified atom stereocenters. The van der Waals surface area contributed by atoms with Gasteiger partial charge in [-0.05, 0) is 35.5 Å². The fourth-order valence-electron chi connectivity index (χ4n) is 2.92. The molecule has 0 saturated carbocycles. The number of hydrogen-bond acceptors (Lipinski definition) is 8. The van der Waals surface area contributed by atoms with E-state index in [1.54, 1.807) is 0 Å². The number of carbonyl (C=O) groups excluding carboxylic acids is 4. The molecule has 0 aromatic heterocycles. The maximum Gasteiger partial charge on any atom is 0.387 e. The van der Waals surface area contributed by atoms with Crippen LogP contribution >= 0.6 is 23.5 Å². The van der Waals surface area contributed by atoms with Gasteiger partial charge in [-0.15, -0.1) is 0 Å². The quantitative estimate of drug-likeness (QED) is 0.530. The van der Waals surface area contributed by atoms with Crippen LogP contribution in [0, 0.1) is 0 Å². The van der Waals surface area contributed by atoms with Crippen molar-refractivity contribution in [3.63, 3.8) is 0 Å². The minimum Gasteiger partial charge on any atom is -0.493 e. The highest BCUT2D eigenvalue weighted by Gasteiger charge is 2.34. The normalized spacial score (nSPS) is 17.6. The summed E-state index contributed by atoms with van der Waals surface area (Å²) in [7, 11) is 1.29. The second-order valence-electron chi connectivity index (χ2n) is 6.51. The highest BCUT2D eigenvalue weighted by Crippen LogP contribution is 2.34. The average Bonchev–Trinajstić information content (AvgIpc) is 3.26. The average molecular weight is 488 g/mol. The summed E-state index contributed by atoms with van der Waals surface area (Å²) >= 11 is 1.88. The number of ether oxygens (including phenoxy) is 2. The maximum atomic E-state index is 12.6. The van der Waals surface area contributed by atoms with Crippen molar-refractivity contribution in [1.29, 1.82) is 0 Å². The van der Waals surface area contributed by atoms with Gasteiger partial charge in [0.05, 0.1) is 12.0 Å². The molecule has 9 nitrogen and oxygen atoms in total. The zero-order valence-corrected chi connectivity index (χ0v) is 18.5. The van der Waals surface area contributed by atoms with E-state index in [1.165, 1.54) is 36.3 Å². The monoisotopic (exact) mass is 487 g/mol. The molecular formula is C19H19F2N3O6S2. The van der Waals surface area contributed by atoms with Crippen LogP contribution in [-0.4, -0.2) is 77.7 Å². The van der Waals surface area contributed by atoms with Gasteiger partial charge in [0.15, 0.2) is 11.5 Å². The van der Waals surface area contributed by atoms with Crippen molar-refractivity contribution in [2.24, 2.45) is 0 Å². The molecule has 32 heavy (non-hydrogen) atoms. The molecule has 2 saturated heterocycles. The summed E-state index contributed by atoms with van der Waals surface area (Å²) in [5, 5.41) is 1.95. The van der Waals surface area contributed by atoms with Crippen LogP contribution in [0.1, 0.15) is 5.56 Å². The molecule has 172 valence electrons. The molecule has 13 heteroatoms. The van der Waals surface area contributed by atoms with Crippen LogP contribution in [-0.2, 0) is 9.59 Å². The Morgan fingerprint density at radius 3 is 2.69 bits per heavy atom. The van der Waals surface area contributed by atoms with Gasteiger partial charge >= 0.3 is 6.61 Å². The van der Waals surface area contributed by atoms with Crippen LogP contribution in [0.15, 0.2) is 23.1 Å². The van der Waals surface area contributed by atoms with Crippen LogP contribution in [0.25, 0.3) is 6.08 Å². The molecule has 2 heterocycles. The maximum absolute atomic E-state index is 12.6. The van der Waals surface area contributed by atoms with Gasteiger partial charge in [0, 0.05) is 25.4 Å². The van der Waals surface area contributed by atoms with Gasteiger partial charge in [0.2, 0.25) is 5.91 Å². The third kappa shape index (κ3) is 5.91. The van der Waals surface area contributed by atoms with Crippen molar-refractivity contribution in [3.8, 4) is 11.5 Å². The summed E-state index contributed by atoms with van der Waals surface area (Å²) in [6.45, 7) is -2.55. The van der Waals surface area contributed by atoms with Gasteiger partial charge in [-0.1, -0.05) is 17.8 Å². The molecule has 1 aromatic rings. The van der Waals surface area contributed by atoms with Gasteiger partial charge in [-0.25, -0.2) is 0 Å². The Bertz CT molecular complexity index is 959. The SMILES string of the molecule is COc1cc(/C=C2\SC(=O)N(CCNC(=O)CN3CCSC3=O)C2=O)ccc1OC(F)F. The molecule has 0 radical (unpaired) electrons. The summed E-state index contributed by atoms with van der Waals surface area (Å²) < 4.78 is 34.3. The van der Waals surface area contributed by atoms with E-state index < -0.39 is 17.8 Å². The van der Waals surface area contributed by atoms with Crippen LogP contribution in [0.2, 0.25) is 0 Å². The summed E-state index contributed by atoms with van der Waals surface area (Å²) in [6, 6.07) is 4.14. The Hall–Kier alpha value is -2.80. The van der Waals surface area contributed by atoms with E-state index in [-0.39, 0.29) is 47.2 Å². The van der Waals surface area contributed by atoms with Crippen molar-refractivity contribution in [3.05, 3.63) is 28.7 Å². The molecule has 1 N–H and O–H groups in total. The number of imide groups is 1. The zero-order valence-electron chi connectivity index (χ0n) is 16.8. The highest BCUT2D eigenvalue weighted by atomic mass is 32.2. The predicted octanol–water partition coefficient (Wildman–Crippen LogP) is 2.62. The zero-order chi connectivity index (χ0) is 23.3. The first-order valence-corrected chi connectivity index (χ1v) is 11.2. The fraction of sp³-hybridized carbons (Fsp3) is 0.368. The summed E-state index contributed by atoms with van der Waals surface area (Å²) in [6.07, 6.45) is 1.44. The van der Waals surface area contributed by atoms with E-state index >= 15 is 0 Å². The molecule has 0 aliphatic carbocycles. The van der Waals surface area contributed by atoms with Gasteiger partial charge in [-0.3, -0.25) is 24.1 Å². The lowest BCUT2D eigenvalue weighted by molar-refractivity contribution is -0.124. The van der Waals surface area contributed by atoms with E-state index in [0.29, 0.717) is 17.9 Å². The number of benzene rings is 1. The topological polar surface area (TPSA) is 105 Å².